The van der Waals surface area contributed by atoms with Crippen molar-refractivity contribution in [3.63, 3.8) is 0 Å². The van der Waals surface area contributed by atoms with E-state index in [4.69, 9.17) is 39.5 Å². The second-order valence-corrected chi connectivity index (χ2v) is 5.61. The Balaban J connectivity index is 3.09. The van der Waals surface area contributed by atoms with E-state index >= 15 is 0 Å². The highest BCUT2D eigenvalue weighted by Gasteiger charge is 2.24. The Kier molecular flexibility index (Phi) is 3.92. The van der Waals surface area contributed by atoms with Gasteiger partial charge in [0.15, 0.2) is 0 Å². The van der Waals surface area contributed by atoms with Crippen LogP contribution in [0, 0.1) is 12.7 Å². The van der Waals surface area contributed by atoms with Gasteiger partial charge in [-0.2, -0.15) is 0 Å². The average Bonchev–Trinajstić information content (AvgIpc) is 1.95. The van der Waals surface area contributed by atoms with Crippen molar-refractivity contribution in [3.05, 3.63) is 28.0 Å². The lowest BCUT2D eigenvalue weighted by molar-refractivity contribution is 0.315. The molecule has 0 aromatic heterocycles. The molecule has 0 spiro atoms. The minimum Gasteiger partial charge on any atom is -0.444 e. The van der Waals surface area contributed by atoms with Crippen LogP contribution in [0.1, 0.15) is 5.56 Å². The van der Waals surface area contributed by atoms with Gasteiger partial charge in [-0.1, -0.05) is 0 Å². The van der Waals surface area contributed by atoms with Crippen molar-refractivity contribution >= 4 is 50.7 Å². The van der Waals surface area contributed by atoms with Gasteiger partial charge in [0, 0.05) is 0 Å². The van der Waals surface area contributed by atoms with Gasteiger partial charge in [0.05, 0.1) is 4.47 Å². The molecule has 0 saturated heterocycles. The van der Waals surface area contributed by atoms with E-state index in [1.807, 2.05) is 0 Å². The molecule has 0 aliphatic carbocycles. The molecular formula is C8H5BrCl3FO. The summed E-state index contributed by atoms with van der Waals surface area (Å²) in [6.45, 7) is 1.65. The molecule has 0 heterocycles. The number of aryl methyl sites for hydroxylation is 1. The van der Waals surface area contributed by atoms with E-state index in [1.165, 1.54) is 12.1 Å². The van der Waals surface area contributed by atoms with Crippen LogP contribution in [0.3, 0.4) is 0 Å². The van der Waals surface area contributed by atoms with Crippen LogP contribution in [-0.4, -0.2) is 3.98 Å². The molecule has 0 aliphatic rings. The fraction of sp³-hybridized carbons (Fsp3) is 0.250. The van der Waals surface area contributed by atoms with Gasteiger partial charge in [-0.05, 0) is 75.4 Å². The second kappa shape index (κ2) is 4.44. The molecule has 0 bridgehead atoms. The molecule has 0 N–H and O–H groups in total. The van der Waals surface area contributed by atoms with Crippen molar-refractivity contribution in [2.24, 2.45) is 0 Å². The van der Waals surface area contributed by atoms with Gasteiger partial charge >= 0.3 is 3.98 Å². The van der Waals surface area contributed by atoms with Crippen molar-refractivity contribution in [1.82, 2.24) is 0 Å². The third kappa shape index (κ3) is 3.46. The SMILES string of the molecule is Cc1cc(F)cc(Br)c1OC(Cl)(Cl)Cl. The predicted molar refractivity (Wildman–Crippen MR) is 59.8 cm³/mol. The van der Waals surface area contributed by atoms with E-state index in [1.54, 1.807) is 6.92 Å². The van der Waals surface area contributed by atoms with Crippen LogP contribution in [0.2, 0.25) is 0 Å². The third-order valence-corrected chi connectivity index (χ3v) is 2.23. The summed E-state index contributed by atoms with van der Waals surface area (Å²) in [7, 11) is 0. The normalized spacial score (nSPS) is 11.6. The molecular weight excluding hydrogens is 317 g/mol. The lowest BCUT2D eigenvalue weighted by Crippen LogP contribution is -2.13. The van der Waals surface area contributed by atoms with Crippen molar-refractivity contribution < 1.29 is 9.13 Å². The Morgan fingerprint density at radius 2 is 1.93 bits per heavy atom. The standard InChI is InChI=1S/C8H5BrCl3FO/c1-4-2-5(13)3-6(9)7(4)14-8(10,11)12/h2-3H,1H3. The zero-order valence-corrected chi connectivity index (χ0v) is 10.8. The molecule has 14 heavy (non-hydrogen) atoms. The first-order chi connectivity index (χ1) is 6.29. The Bertz CT molecular complexity index is 328. The minimum atomic E-state index is -1.86. The number of benzene rings is 1. The van der Waals surface area contributed by atoms with E-state index in [0.717, 1.165) is 0 Å². The second-order valence-electron chi connectivity index (χ2n) is 2.58. The zero-order chi connectivity index (χ0) is 10.9. The number of halogens is 5. The van der Waals surface area contributed by atoms with Crippen LogP contribution in [0.25, 0.3) is 0 Å². The first kappa shape index (κ1) is 12.4. The maximum absolute atomic E-state index is 12.9. The lowest BCUT2D eigenvalue weighted by atomic mass is 10.2. The van der Waals surface area contributed by atoms with Crippen molar-refractivity contribution in [3.8, 4) is 5.75 Å². The molecule has 78 valence electrons. The maximum Gasteiger partial charge on any atom is 0.338 e. The number of ether oxygens (including phenoxy) is 1. The van der Waals surface area contributed by atoms with Crippen LogP contribution in [-0.2, 0) is 0 Å². The summed E-state index contributed by atoms with van der Waals surface area (Å²) in [6.07, 6.45) is 0. The summed E-state index contributed by atoms with van der Waals surface area (Å²) in [5.74, 6) is -0.0718. The molecule has 0 saturated carbocycles. The summed E-state index contributed by atoms with van der Waals surface area (Å²) in [4.78, 5) is 0. The average molecular weight is 322 g/mol. The van der Waals surface area contributed by atoms with Crippen LogP contribution in [0.5, 0.6) is 5.75 Å². The molecule has 6 heteroatoms. The Hall–Kier alpha value is 0.300. The third-order valence-electron chi connectivity index (χ3n) is 1.41. The predicted octanol–water partition coefficient (Wildman–Crippen LogP) is 4.60. The highest BCUT2D eigenvalue weighted by atomic mass is 79.9. The highest BCUT2D eigenvalue weighted by molar-refractivity contribution is 9.10. The number of alkyl halides is 3. The summed E-state index contributed by atoms with van der Waals surface area (Å²) < 4.78 is 16.4. The molecule has 1 nitrogen and oxygen atoms in total. The Morgan fingerprint density at radius 3 is 2.36 bits per heavy atom. The lowest BCUT2D eigenvalue weighted by Gasteiger charge is -2.16. The van der Waals surface area contributed by atoms with Crippen molar-refractivity contribution in [2.45, 2.75) is 10.9 Å². The number of rotatable bonds is 1. The molecule has 1 aromatic carbocycles. The van der Waals surface area contributed by atoms with E-state index in [9.17, 15) is 4.39 Å². The zero-order valence-electron chi connectivity index (χ0n) is 6.95. The van der Waals surface area contributed by atoms with Gasteiger partial charge in [-0.3, -0.25) is 0 Å². The van der Waals surface area contributed by atoms with Gasteiger partial charge in [-0.15, -0.1) is 0 Å². The first-order valence-corrected chi connectivity index (χ1v) is 5.43. The van der Waals surface area contributed by atoms with Gasteiger partial charge in [0.1, 0.15) is 11.6 Å². The number of hydrogen-bond acceptors (Lipinski definition) is 1. The smallest absolute Gasteiger partial charge is 0.338 e. The van der Waals surface area contributed by atoms with E-state index in [-0.39, 0.29) is 5.82 Å². The molecule has 1 rings (SSSR count). The Labute approximate surface area is 104 Å². The maximum atomic E-state index is 12.9. The largest absolute Gasteiger partial charge is 0.444 e. The van der Waals surface area contributed by atoms with E-state index < -0.39 is 3.98 Å². The summed E-state index contributed by atoms with van der Waals surface area (Å²) >= 11 is 19.4. The molecule has 0 unspecified atom stereocenters. The van der Waals surface area contributed by atoms with Crippen LogP contribution >= 0.6 is 50.7 Å². The summed E-state index contributed by atoms with van der Waals surface area (Å²) in [5.41, 5.74) is 0.545. The van der Waals surface area contributed by atoms with Gasteiger partial charge in [0.2, 0.25) is 0 Å². The van der Waals surface area contributed by atoms with Crippen LogP contribution < -0.4 is 4.74 Å². The van der Waals surface area contributed by atoms with Gasteiger partial charge in [0.25, 0.3) is 0 Å². The number of hydrogen-bond donors (Lipinski definition) is 0. The summed E-state index contributed by atoms with van der Waals surface area (Å²) in [6, 6.07) is 2.52. The van der Waals surface area contributed by atoms with Crippen molar-refractivity contribution in [2.75, 3.05) is 0 Å². The van der Waals surface area contributed by atoms with Crippen LogP contribution in [0.4, 0.5) is 4.39 Å². The van der Waals surface area contributed by atoms with E-state index in [2.05, 4.69) is 15.9 Å². The quantitative estimate of drug-likeness (QED) is 0.687. The highest BCUT2D eigenvalue weighted by Crippen LogP contribution is 2.37. The molecule has 0 radical (unpaired) electrons. The van der Waals surface area contributed by atoms with Crippen molar-refractivity contribution in [1.29, 1.82) is 0 Å². The topological polar surface area (TPSA) is 9.23 Å². The molecule has 0 fully saturated rings. The molecule has 1 aromatic rings. The Morgan fingerprint density at radius 1 is 1.36 bits per heavy atom. The van der Waals surface area contributed by atoms with Gasteiger partial charge in [-0.25, -0.2) is 4.39 Å². The monoisotopic (exact) mass is 320 g/mol. The minimum absolute atomic E-state index is 0.311. The fourth-order valence-electron chi connectivity index (χ4n) is 0.934. The summed E-state index contributed by atoms with van der Waals surface area (Å²) in [5, 5.41) is 0. The van der Waals surface area contributed by atoms with E-state index in [0.29, 0.717) is 15.8 Å². The van der Waals surface area contributed by atoms with Crippen LogP contribution in [0.15, 0.2) is 16.6 Å². The first-order valence-electron chi connectivity index (χ1n) is 3.51. The van der Waals surface area contributed by atoms with Gasteiger partial charge < -0.3 is 4.74 Å². The molecule has 0 aliphatic heterocycles. The molecule has 0 amide bonds. The molecule has 0 atom stereocenters. The fourth-order valence-corrected chi connectivity index (χ4v) is 1.78.